The van der Waals surface area contributed by atoms with Crippen LogP contribution < -0.4 is 14.5 Å². The van der Waals surface area contributed by atoms with E-state index in [1.807, 2.05) is 24.3 Å². The summed E-state index contributed by atoms with van der Waals surface area (Å²) < 4.78 is 36.4. The maximum Gasteiger partial charge on any atom is 0.135 e. The summed E-state index contributed by atoms with van der Waals surface area (Å²) in [6.45, 7) is 29.7. The molecule has 9 aromatic carbocycles. The molecule has 0 radical (unpaired) electrons. The number of anilines is 4. The quantitative estimate of drug-likeness (QED) is 0.135. The van der Waals surface area contributed by atoms with Crippen LogP contribution in [-0.2, 0) is 48.1 Å². The Labute approximate surface area is 535 Å². The number of para-hydroxylation sites is 2. The summed E-state index contributed by atoms with van der Waals surface area (Å²) >= 11 is 0. The third kappa shape index (κ3) is 10.8. The van der Waals surface area contributed by atoms with Gasteiger partial charge in [0.05, 0.1) is 0 Å². The first-order chi connectivity index (χ1) is 42.1. The van der Waals surface area contributed by atoms with Gasteiger partial charge in [-0.2, -0.15) is 12.1 Å². The van der Waals surface area contributed by atoms with Crippen molar-refractivity contribution in [1.29, 1.82) is 0 Å². The zero-order chi connectivity index (χ0) is 62.7. The van der Waals surface area contributed by atoms with Crippen molar-refractivity contribution in [2.75, 3.05) is 9.80 Å². The molecule has 2 aliphatic rings. The fourth-order valence-corrected chi connectivity index (χ4v) is 13.1. The van der Waals surface area contributed by atoms with Crippen molar-refractivity contribution in [2.45, 2.75) is 137 Å². The molecule has 442 valence electrons. The number of nitrogens with zero attached hydrogens (tertiary/aromatic N) is 4. The molecule has 0 saturated carbocycles. The van der Waals surface area contributed by atoms with E-state index in [1.54, 1.807) is 12.3 Å². The second kappa shape index (κ2) is 22.0. The molecule has 2 aromatic heterocycles. The van der Waals surface area contributed by atoms with Crippen molar-refractivity contribution in [3.63, 3.8) is 0 Å². The molecule has 6 heteroatoms. The van der Waals surface area contributed by atoms with E-state index >= 15 is 0 Å². The first-order valence-corrected chi connectivity index (χ1v) is 30.5. The van der Waals surface area contributed by atoms with E-state index < -0.39 is 6.85 Å². The monoisotopic (exact) mass is 1320 g/mol. The number of rotatable bonds is 9. The SMILES string of the molecule is [2H]C([2H])([2H])c1cc(-n2c3[c-]c(Oc4[c-]c(N5[CH-]N(c6c(-c7ccccc7)cc(C(C)(C)C)cc6-c6cc(C(C)(C)C)cc(C(C)(C)C)c6)c6ccccc65)ccc4)ccc3c3c(-c4ccccc4)cccc32)ncc1-c1cccc2c1C(C)(C)CCC2(C)C.[Pt]. The fraction of sp³-hybridized carbons (Fsp3) is 0.259. The van der Waals surface area contributed by atoms with E-state index in [9.17, 15) is 0 Å². The van der Waals surface area contributed by atoms with Crippen molar-refractivity contribution >= 4 is 44.6 Å². The summed E-state index contributed by atoms with van der Waals surface area (Å²) in [5, 5.41) is 1.93. The van der Waals surface area contributed by atoms with Gasteiger partial charge in [-0.05, 0) is 150 Å². The smallest absolute Gasteiger partial charge is 0.135 e. The molecule has 1 aliphatic heterocycles. The van der Waals surface area contributed by atoms with Gasteiger partial charge >= 0.3 is 0 Å². The molecule has 0 saturated heterocycles. The van der Waals surface area contributed by atoms with Crippen LogP contribution in [0.25, 0.3) is 72.1 Å². The van der Waals surface area contributed by atoms with Gasteiger partial charge in [0.1, 0.15) is 5.82 Å². The number of hydrogen-bond acceptors (Lipinski definition) is 4. The van der Waals surface area contributed by atoms with Gasteiger partial charge in [0.2, 0.25) is 0 Å². The number of aryl methyl sites for hydroxylation is 1. The van der Waals surface area contributed by atoms with Crippen molar-refractivity contribution in [2.24, 2.45) is 0 Å². The summed E-state index contributed by atoms with van der Waals surface area (Å²) in [7, 11) is 0. The Morgan fingerprint density at radius 2 is 1.08 bits per heavy atom. The van der Waals surface area contributed by atoms with Crippen LogP contribution in [0.2, 0.25) is 0 Å². The topological polar surface area (TPSA) is 33.5 Å². The predicted molar refractivity (Wildman–Crippen MR) is 362 cm³/mol. The molecule has 0 N–H and O–H groups in total. The minimum atomic E-state index is -2.46. The van der Waals surface area contributed by atoms with Crippen molar-refractivity contribution < 1.29 is 29.9 Å². The number of benzene rings is 9. The van der Waals surface area contributed by atoms with Crippen LogP contribution >= 0.6 is 0 Å². The van der Waals surface area contributed by atoms with E-state index in [2.05, 4.69) is 281 Å². The van der Waals surface area contributed by atoms with Gasteiger partial charge in [0.25, 0.3) is 0 Å². The number of fused-ring (bicyclic) bond motifs is 5. The van der Waals surface area contributed by atoms with Crippen LogP contribution in [0.1, 0.15) is 140 Å². The summed E-state index contributed by atoms with van der Waals surface area (Å²) in [6.07, 6.45) is 3.83. The Balaban J connectivity index is 0.00000785. The van der Waals surface area contributed by atoms with Crippen molar-refractivity contribution in [1.82, 2.24) is 9.55 Å². The minimum absolute atomic E-state index is 0. The number of hydrogen-bond donors (Lipinski definition) is 0. The van der Waals surface area contributed by atoms with Crippen LogP contribution in [0, 0.1) is 25.7 Å². The Hall–Kier alpha value is -7.98. The van der Waals surface area contributed by atoms with Gasteiger partial charge in [0, 0.05) is 82.1 Å². The molecular formula is C81H79N4OPt-3. The second-order valence-electron chi connectivity index (χ2n) is 28.3. The van der Waals surface area contributed by atoms with E-state index in [4.69, 9.17) is 13.8 Å². The van der Waals surface area contributed by atoms with Crippen molar-refractivity contribution in [3.05, 3.63) is 246 Å². The minimum Gasteiger partial charge on any atom is -0.509 e. The zero-order valence-electron chi connectivity index (χ0n) is 55.5. The molecule has 0 bridgehead atoms. The van der Waals surface area contributed by atoms with Crippen LogP contribution in [0.5, 0.6) is 11.5 Å². The zero-order valence-corrected chi connectivity index (χ0v) is 54.8. The predicted octanol–water partition coefficient (Wildman–Crippen LogP) is 22.2. The van der Waals surface area contributed by atoms with Crippen LogP contribution in [0.3, 0.4) is 0 Å². The molecule has 11 aromatic rings. The summed E-state index contributed by atoms with van der Waals surface area (Å²) in [5.74, 6) is 1.46. The summed E-state index contributed by atoms with van der Waals surface area (Å²) in [5.41, 5.74) is 19.8. The van der Waals surface area contributed by atoms with Crippen LogP contribution in [0.4, 0.5) is 22.7 Å². The van der Waals surface area contributed by atoms with Crippen molar-refractivity contribution in [3.8, 4) is 61.8 Å². The van der Waals surface area contributed by atoms with Gasteiger partial charge < -0.3 is 19.1 Å². The van der Waals surface area contributed by atoms with Gasteiger partial charge in [-0.25, -0.2) is 4.98 Å². The Morgan fingerprint density at radius 3 is 1.74 bits per heavy atom. The normalized spacial score (nSPS) is 15.3. The first kappa shape index (κ1) is 55.6. The molecule has 0 unspecified atom stereocenters. The molecule has 0 atom stereocenters. The molecule has 0 amide bonds. The van der Waals surface area contributed by atoms with E-state index in [0.29, 0.717) is 28.4 Å². The molecule has 0 fully saturated rings. The van der Waals surface area contributed by atoms with Gasteiger partial charge in [-0.3, -0.25) is 0 Å². The number of aromatic nitrogens is 2. The average Bonchev–Trinajstić information content (AvgIpc) is 1.16. The molecule has 87 heavy (non-hydrogen) atoms. The third-order valence-electron chi connectivity index (χ3n) is 18.2. The Kier molecular flexibility index (Phi) is 14.1. The van der Waals surface area contributed by atoms with E-state index in [1.165, 1.54) is 33.4 Å². The maximum absolute atomic E-state index is 9.13. The molecule has 13 rings (SSSR count). The average molecular weight is 1320 g/mol. The standard InChI is InChI=1S/C81H79N4O.Pt/c1-52-42-73(82-50-67(52)63-33-24-34-68-75(63)81(13,14)41-40-80(68,11)12)85-71-37-25-32-62(53-26-17-15-18-27-53)74(71)64-39-38-61(49-72(64)85)86-60-31-23-30-59(48-60)83-51-84(70-36-22-21-35-69(70)83)76-65(54-28-19-16-20-29-54)46-58(79(8,9)10)47-66(76)55-43-56(77(2,3)4)45-57(44-55)78(5,6)7;/h15-39,42-47,50-51H,40-41H2,1-14H3;/q-3;/i1D3;. The summed E-state index contributed by atoms with van der Waals surface area (Å²) in [6, 6.07) is 73.8. The van der Waals surface area contributed by atoms with E-state index in [0.717, 1.165) is 85.3 Å². The largest absolute Gasteiger partial charge is 0.509 e. The summed E-state index contributed by atoms with van der Waals surface area (Å²) in [4.78, 5) is 9.83. The van der Waals surface area contributed by atoms with Gasteiger partial charge in [-0.15, -0.1) is 48.1 Å². The molecule has 5 nitrogen and oxygen atoms in total. The van der Waals surface area contributed by atoms with Crippen LogP contribution in [-0.4, -0.2) is 9.55 Å². The van der Waals surface area contributed by atoms with Gasteiger partial charge in [-0.1, -0.05) is 217 Å². The van der Waals surface area contributed by atoms with Crippen LogP contribution in [0.15, 0.2) is 194 Å². The number of pyridine rings is 1. The maximum atomic E-state index is 9.13. The fourth-order valence-electron chi connectivity index (χ4n) is 13.1. The molecule has 3 heterocycles. The van der Waals surface area contributed by atoms with Gasteiger partial charge in [0.15, 0.2) is 0 Å². The molecule has 1 aliphatic carbocycles. The Morgan fingerprint density at radius 1 is 0.517 bits per heavy atom. The van der Waals surface area contributed by atoms with E-state index in [-0.39, 0.29) is 53.7 Å². The molecule has 0 spiro atoms. The number of ether oxygens (including phenoxy) is 1. The first-order valence-electron chi connectivity index (χ1n) is 32.0. The second-order valence-corrected chi connectivity index (χ2v) is 28.3. The Bertz CT molecular complexity index is 4530. The third-order valence-corrected chi connectivity index (χ3v) is 18.2. The molecular weight excluding hydrogens is 1240 g/mol.